The van der Waals surface area contributed by atoms with Crippen molar-refractivity contribution in [1.82, 2.24) is 10.2 Å². The average molecular weight is 381 g/mol. The summed E-state index contributed by atoms with van der Waals surface area (Å²) in [4.78, 5) is 2.46. The van der Waals surface area contributed by atoms with E-state index in [-0.39, 0.29) is 30.9 Å². The second kappa shape index (κ2) is 11.2. The van der Waals surface area contributed by atoms with E-state index in [1.807, 2.05) is 30.3 Å². The number of ether oxygens (including phenoxy) is 1. The van der Waals surface area contributed by atoms with Crippen LogP contribution in [0.25, 0.3) is 0 Å². The van der Waals surface area contributed by atoms with Crippen LogP contribution in [0.15, 0.2) is 67.3 Å². The van der Waals surface area contributed by atoms with Crippen LogP contribution in [0.2, 0.25) is 0 Å². The number of benzene rings is 2. The summed E-state index contributed by atoms with van der Waals surface area (Å²) in [5.41, 5.74) is 2.42. The lowest BCUT2D eigenvalue weighted by Crippen LogP contribution is -2.44. The van der Waals surface area contributed by atoms with Gasteiger partial charge in [0.2, 0.25) is 0 Å². The van der Waals surface area contributed by atoms with E-state index in [0.717, 1.165) is 31.9 Å². The standard InChI is InChI=1S/C20H24N2O.2ClH/c1-2-20(22-13-11-21-12-14-22)18-9-6-10-19(15-18)23-16-17-7-4-3-5-8-17;;/h2-10,15,20-21H,1,11-14,16H2;2*1H/t20-;;/m0../s1. The molecule has 2 aromatic carbocycles. The van der Waals surface area contributed by atoms with Gasteiger partial charge in [0.15, 0.2) is 0 Å². The fraction of sp³-hybridized carbons (Fsp3) is 0.300. The van der Waals surface area contributed by atoms with Crippen LogP contribution in [-0.4, -0.2) is 31.1 Å². The van der Waals surface area contributed by atoms with Gasteiger partial charge in [0, 0.05) is 26.2 Å². The molecule has 1 heterocycles. The normalized spacial score (nSPS) is 15.4. The second-order valence-electron chi connectivity index (χ2n) is 5.81. The number of hydrogen-bond acceptors (Lipinski definition) is 3. The topological polar surface area (TPSA) is 24.5 Å². The largest absolute Gasteiger partial charge is 0.489 e. The number of halogens is 2. The first-order valence-corrected chi connectivity index (χ1v) is 8.21. The highest BCUT2D eigenvalue weighted by atomic mass is 35.5. The minimum atomic E-state index is 0. The van der Waals surface area contributed by atoms with Gasteiger partial charge in [-0.2, -0.15) is 0 Å². The van der Waals surface area contributed by atoms with Crippen molar-refractivity contribution in [3.05, 3.63) is 78.4 Å². The number of hydrogen-bond donors (Lipinski definition) is 1. The Balaban J connectivity index is 0.00000156. The van der Waals surface area contributed by atoms with E-state index in [1.165, 1.54) is 11.1 Å². The minimum absolute atomic E-state index is 0. The molecule has 0 bridgehead atoms. The Hall–Kier alpha value is -1.52. The van der Waals surface area contributed by atoms with Crippen LogP contribution >= 0.6 is 24.8 Å². The Morgan fingerprint density at radius 3 is 2.44 bits per heavy atom. The van der Waals surface area contributed by atoms with E-state index in [9.17, 15) is 0 Å². The third kappa shape index (κ3) is 6.05. The zero-order chi connectivity index (χ0) is 15.9. The molecule has 0 radical (unpaired) electrons. The number of rotatable bonds is 6. The molecule has 0 aliphatic carbocycles. The quantitative estimate of drug-likeness (QED) is 0.758. The first kappa shape index (κ1) is 21.5. The first-order valence-electron chi connectivity index (χ1n) is 8.21. The highest BCUT2D eigenvalue weighted by Crippen LogP contribution is 2.26. The van der Waals surface area contributed by atoms with E-state index < -0.39 is 0 Å². The summed E-state index contributed by atoms with van der Waals surface area (Å²) < 4.78 is 5.95. The Morgan fingerprint density at radius 2 is 1.76 bits per heavy atom. The molecule has 1 aliphatic heterocycles. The highest BCUT2D eigenvalue weighted by Gasteiger charge is 2.19. The molecule has 2 aromatic rings. The zero-order valence-electron chi connectivity index (χ0n) is 14.3. The van der Waals surface area contributed by atoms with Crippen LogP contribution in [0.3, 0.4) is 0 Å². The molecule has 1 atom stereocenters. The smallest absolute Gasteiger partial charge is 0.120 e. The summed E-state index contributed by atoms with van der Waals surface area (Å²) in [6.07, 6.45) is 2.03. The van der Waals surface area contributed by atoms with Crippen molar-refractivity contribution in [1.29, 1.82) is 0 Å². The maximum atomic E-state index is 5.95. The summed E-state index contributed by atoms with van der Waals surface area (Å²) in [6.45, 7) is 8.79. The molecule has 1 fully saturated rings. The van der Waals surface area contributed by atoms with E-state index in [1.54, 1.807) is 0 Å². The van der Waals surface area contributed by atoms with E-state index in [4.69, 9.17) is 4.74 Å². The van der Waals surface area contributed by atoms with Crippen molar-refractivity contribution in [3.63, 3.8) is 0 Å². The van der Waals surface area contributed by atoms with Gasteiger partial charge in [-0.1, -0.05) is 48.5 Å². The maximum absolute atomic E-state index is 5.95. The van der Waals surface area contributed by atoms with Crippen molar-refractivity contribution >= 4 is 24.8 Å². The lowest BCUT2D eigenvalue weighted by molar-refractivity contribution is 0.203. The van der Waals surface area contributed by atoms with Gasteiger partial charge in [0.1, 0.15) is 12.4 Å². The third-order valence-electron chi connectivity index (χ3n) is 4.22. The maximum Gasteiger partial charge on any atom is 0.120 e. The van der Waals surface area contributed by atoms with Gasteiger partial charge >= 0.3 is 0 Å². The van der Waals surface area contributed by atoms with Gasteiger partial charge in [0.25, 0.3) is 0 Å². The molecule has 136 valence electrons. The predicted molar refractivity (Wildman–Crippen MR) is 109 cm³/mol. The van der Waals surface area contributed by atoms with Gasteiger partial charge in [-0.25, -0.2) is 0 Å². The fourth-order valence-corrected chi connectivity index (χ4v) is 2.99. The molecule has 5 heteroatoms. The number of nitrogens with one attached hydrogen (secondary N) is 1. The Labute approximate surface area is 162 Å². The molecule has 0 spiro atoms. The van der Waals surface area contributed by atoms with Crippen LogP contribution in [0.1, 0.15) is 17.2 Å². The molecular formula is C20H26Cl2N2O. The third-order valence-corrected chi connectivity index (χ3v) is 4.22. The van der Waals surface area contributed by atoms with Gasteiger partial charge < -0.3 is 10.1 Å². The number of piperazine rings is 1. The molecular weight excluding hydrogens is 355 g/mol. The summed E-state index contributed by atoms with van der Waals surface area (Å²) in [7, 11) is 0. The first-order chi connectivity index (χ1) is 11.4. The van der Waals surface area contributed by atoms with E-state index >= 15 is 0 Å². The van der Waals surface area contributed by atoms with Crippen molar-refractivity contribution < 1.29 is 4.74 Å². The van der Waals surface area contributed by atoms with Gasteiger partial charge in [0.05, 0.1) is 6.04 Å². The Kier molecular flexibility index (Phi) is 9.61. The van der Waals surface area contributed by atoms with E-state index in [2.05, 4.69) is 47.1 Å². The number of nitrogens with zero attached hydrogens (tertiary/aromatic N) is 1. The van der Waals surface area contributed by atoms with Gasteiger partial charge in [-0.3, -0.25) is 4.90 Å². The average Bonchev–Trinajstić information content (AvgIpc) is 2.63. The van der Waals surface area contributed by atoms with Crippen molar-refractivity contribution in [2.75, 3.05) is 26.2 Å². The molecule has 25 heavy (non-hydrogen) atoms. The molecule has 1 aliphatic rings. The predicted octanol–water partition coefficient (Wildman–Crippen LogP) is 4.24. The van der Waals surface area contributed by atoms with E-state index in [0.29, 0.717) is 6.61 Å². The lowest BCUT2D eigenvalue weighted by atomic mass is 10.0. The second-order valence-corrected chi connectivity index (χ2v) is 5.81. The van der Waals surface area contributed by atoms with Crippen molar-refractivity contribution in [3.8, 4) is 5.75 Å². The van der Waals surface area contributed by atoms with Crippen LogP contribution < -0.4 is 10.1 Å². The Morgan fingerprint density at radius 1 is 1.04 bits per heavy atom. The van der Waals surface area contributed by atoms with Crippen molar-refractivity contribution in [2.45, 2.75) is 12.6 Å². The molecule has 0 saturated carbocycles. The lowest BCUT2D eigenvalue weighted by Gasteiger charge is -2.33. The minimum Gasteiger partial charge on any atom is -0.489 e. The molecule has 3 nitrogen and oxygen atoms in total. The van der Waals surface area contributed by atoms with Crippen LogP contribution in [0.5, 0.6) is 5.75 Å². The van der Waals surface area contributed by atoms with Crippen LogP contribution in [0, 0.1) is 0 Å². The van der Waals surface area contributed by atoms with Crippen molar-refractivity contribution in [2.24, 2.45) is 0 Å². The SMILES string of the molecule is C=C[C@@H](c1cccc(OCc2ccccc2)c1)N1CCNCC1.Cl.Cl. The van der Waals surface area contributed by atoms with Crippen LogP contribution in [-0.2, 0) is 6.61 Å². The summed E-state index contributed by atoms with van der Waals surface area (Å²) in [6, 6.07) is 18.9. The summed E-state index contributed by atoms with van der Waals surface area (Å²) in [5, 5.41) is 3.39. The summed E-state index contributed by atoms with van der Waals surface area (Å²) >= 11 is 0. The van der Waals surface area contributed by atoms with Gasteiger partial charge in [-0.15, -0.1) is 31.4 Å². The molecule has 1 N–H and O–H groups in total. The monoisotopic (exact) mass is 380 g/mol. The Bertz CT molecular complexity index is 631. The molecule has 3 rings (SSSR count). The zero-order valence-corrected chi connectivity index (χ0v) is 15.9. The molecule has 1 saturated heterocycles. The summed E-state index contributed by atoms with van der Waals surface area (Å²) in [5.74, 6) is 0.910. The fourth-order valence-electron chi connectivity index (χ4n) is 2.99. The molecule has 0 amide bonds. The van der Waals surface area contributed by atoms with Crippen LogP contribution in [0.4, 0.5) is 0 Å². The molecule has 0 unspecified atom stereocenters. The highest BCUT2D eigenvalue weighted by molar-refractivity contribution is 5.85. The van der Waals surface area contributed by atoms with Gasteiger partial charge in [-0.05, 0) is 23.3 Å². The molecule has 0 aromatic heterocycles.